The molecular weight excluding hydrogens is 326 g/mol. The van der Waals surface area contributed by atoms with Gasteiger partial charge in [-0.15, -0.1) is 0 Å². The van der Waals surface area contributed by atoms with E-state index >= 15 is 0 Å². The Kier molecular flexibility index (Phi) is 7.21. The normalized spacial score (nSPS) is 10.3. The van der Waals surface area contributed by atoms with Gasteiger partial charge in [0, 0.05) is 31.0 Å². The van der Waals surface area contributed by atoms with Crippen molar-refractivity contribution in [2.75, 3.05) is 23.3 Å². The summed E-state index contributed by atoms with van der Waals surface area (Å²) in [4.78, 5) is 26.3. The summed E-state index contributed by atoms with van der Waals surface area (Å²) >= 11 is 0. The van der Waals surface area contributed by atoms with Crippen LogP contribution in [0.3, 0.4) is 0 Å². The third-order valence-corrected chi connectivity index (χ3v) is 4.27. The number of amides is 2. The number of nitrogens with zero attached hydrogens (tertiary/aromatic N) is 1. The predicted octanol–water partition coefficient (Wildman–Crippen LogP) is 3.49. The molecule has 2 N–H and O–H groups in total. The Labute approximate surface area is 155 Å². The lowest BCUT2D eigenvalue weighted by atomic mass is 10.1. The summed E-state index contributed by atoms with van der Waals surface area (Å²) in [5.41, 5.74) is 3.85. The Bertz CT molecular complexity index is 740. The summed E-state index contributed by atoms with van der Waals surface area (Å²) in [7, 11) is 0. The van der Waals surface area contributed by atoms with Crippen LogP contribution in [0.4, 0.5) is 11.4 Å². The van der Waals surface area contributed by atoms with Crippen molar-refractivity contribution >= 4 is 23.2 Å². The fourth-order valence-electron chi connectivity index (χ4n) is 2.77. The predicted molar refractivity (Wildman–Crippen MR) is 106 cm³/mol. The van der Waals surface area contributed by atoms with Crippen molar-refractivity contribution in [2.45, 2.75) is 33.7 Å². The number of anilines is 2. The molecule has 5 heteroatoms. The number of aryl methyl sites for hydroxylation is 1. The highest BCUT2D eigenvalue weighted by molar-refractivity contribution is 6.03. The molecule has 0 radical (unpaired) electrons. The number of rotatable bonds is 8. The van der Waals surface area contributed by atoms with Crippen LogP contribution in [0, 0.1) is 6.92 Å². The third-order valence-electron chi connectivity index (χ3n) is 4.27. The van der Waals surface area contributed by atoms with Gasteiger partial charge in [0.15, 0.2) is 0 Å². The quantitative estimate of drug-likeness (QED) is 0.714. The molecule has 0 bridgehead atoms. The molecule has 0 heterocycles. The van der Waals surface area contributed by atoms with Crippen LogP contribution in [-0.4, -0.2) is 24.9 Å². The minimum atomic E-state index is -0.311. The number of hydrogen-bond donors (Lipinski definition) is 2. The topological polar surface area (TPSA) is 61.4 Å². The van der Waals surface area contributed by atoms with Crippen LogP contribution < -0.4 is 15.5 Å². The van der Waals surface area contributed by atoms with E-state index in [2.05, 4.69) is 35.4 Å². The molecule has 0 spiro atoms. The second-order valence-corrected chi connectivity index (χ2v) is 6.16. The Balaban J connectivity index is 1.88. The summed E-state index contributed by atoms with van der Waals surface area (Å²) in [6.07, 6.45) is -0.190. The van der Waals surface area contributed by atoms with E-state index in [-0.39, 0.29) is 18.2 Å². The molecule has 2 aromatic carbocycles. The highest BCUT2D eigenvalue weighted by Crippen LogP contribution is 2.22. The minimum Gasteiger partial charge on any atom is -0.372 e. The first-order chi connectivity index (χ1) is 12.5. The zero-order chi connectivity index (χ0) is 18.9. The summed E-state index contributed by atoms with van der Waals surface area (Å²) in [5, 5.41) is 5.59. The van der Waals surface area contributed by atoms with E-state index in [4.69, 9.17) is 0 Å². The third kappa shape index (κ3) is 5.62. The van der Waals surface area contributed by atoms with Crippen molar-refractivity contribution in [1.29, 1.82) is 0 Å². The number of nitrogens with one attached hydrogen (secondary N) is 2. The SMILES string of the molecule is CCN(CC)c1ccc(NC(=O)CC(=O)NCc2ccccc2)c(C)c1. The molecule has 0 fully saturated rings. The average molecular weight is 353 g/mol. The molecule has 2 rings (SSSR count). The van der Waals surface area contributed by atoms with E-state index in [0.29, 0.717) is 6.54 Å². The maximum absolute atomic E-state index is 12.1. The lowest BCUT2D eigenvalue weighted by Gasteiger charge is -2.22. The molecule has 0 aliphatic carbocycles. The highest BCUT2D eigenvalue weighted by atomic mass is 16.2. The van der Waals surface area contributed by atoms with E-state index in [0.717, 1.165) is 35.6 Å². The van der Waals surface area contributed by atoms with Gasteiger partial charge in [-0.05, 0) is 50.1 Å². The molecule has 5 nitrogen and oxygen atoms in total. The summed E-state index contributed by atoms with van der Waals surface area (Å²) in [6.45, 7) is 8.47. The van der Waals surface area contributed by atoms with E-state index < -0.39 is 0 Å². The van der Waals surface area contributed by atoms with Gasteiger partial charge in [0.2, 0.25) is 11.8 Å². The van der Waals surface area contributed by atoms with Crippen molar-refractivity contribution in [3.63, 3.8) is 0 Å². The Morgan fingerprint density at radius 3 is 2.27 bits per heavy atom. The van der Waals surface area contributed by atoms with Crippen LogP contribution in [0.15, 0.2) is 48.5 Å². The van der Waals surface area contributed by atoms with Gasteiger partial charge in [-0.2, -0.15) is 0 Å². The van der Waals surface area contributed by atoms with E-state index in [9.17, 15) is 9.59 Å². The van der Waals surface area contributed by atoms with Crippen molar-refractivity contribution in [3.8, 4) is 0 Å². The molecule has 0 aromatic heterocycles. The largest absolute Gasteiger partial charge is 0.372 e. The average Bonchev–Trinajstić information content (AvgIpc) is 2.64. The molecule has 0 unspecified atom stereocenters. The van der Waals surface area contributed by atoms with E-state index in [1.807, 2.05) is 49.4 Å². The first-order valence-electron chi connectivity index (χ1n) is 8.99. The second kappa shape index (κ2) is 9.61. The molecule has 26 heavy (non-hydrogen) atoms. The van der Waals surface area contributed by atoms with Gasteiger partial charge in [-0.3, -0.25) is 9.59 Å². The van der Waals surface area contributed by atoms with Gasteiger partial charge >= 0.3 is 0 Å². The van der Waals surface area contributed by atoms with Crippen LogP contribution in [0.2, 0.25) is 0 Å². The first-order valence-corrected chi connectivity index (χ1v) is 8.99. The molecule has 2 amide bonds. The molecule has 0 saturated heterocycles. The minimum absolute atomic E-state index is 0.190. The van der Waals surface area contributed by atoms with Gasteiger partial charge in [-0.25, -0.2) is 0 Å². The van der Waals surface area contributed by atoms with Crippen LogP contribution in [0.25, 0.3) is 0 Å². The summed E-state index contributed by atoms with van der Waals surface area (Å²) in [5.74, 6) is -0.599. The standard InChI is InChI=1S/C21H27N3O2/c1-4-24(5-2)18-11-12-19(16(3)13-18)23-21(26)14-20(25)22-15-17-9-7-6-8-10-17/h6-13H,4-5,14-15H2,1-3H3,(H,22,25)(H,23,26). The van der Waals surface area contributed by atoms with Gasteiger partial charge in [0.05, 0.1) is 0 Å². The first kappa shape index (κ1) is 19.5. The second-order valence-electron chi connectivity index (χ2n) is 6.16. The molecule has 0 atom stereocenters. The zero-order valence-corrected chi connectivity index (χ0v) is 15.7. The van der Waals surface area contributed by atoms with Crippen LogP contribution in [0.5, 0.6) is 0 Å². The molecule has 0 saturated carbocycles. The molecule has 0 aliphatic heterocycles. The Morgan fingerprint density at radius 2 is 1.65 bits per heavy atom. The number of benzene rings is 2. The molecule has 0 aliphatic rings. The van der Waals surface area contributed by atoms with Crippen molar-refractivity contribution < 1.29 is 9.59 Å². The van der Waals surface area contributed by atoms with Gasteiger partial charge < -0.3 is 15.5 Å². The molecule has 138 valence electrons. The smallest absolute Gasteiger partial charge is 0.233 e. The van der Waals surface area contributed by atoms with Crippen LogP contribution >= 0.6 is 0 Å². The van der Waals surface area contributed by atoms with Gasteiger partial charge in [0.25, 0.3) is 0 Å². The number of carbonyl (C=O) groups excluding carboxylic acids is 2. The maximum Gasteiger partial charge on any atom is 0.233 e. The van der Waals surface area contributed by atoms with E-state index in [1.165, 1.54) is 0 Å². The lowest BCUT2D eigenvalue weighted by Crippen LogP contribution is -2.28. The monoisotopic (exact) mass is 353 g/mol. The van der Waals surface area contributed by atoms with Crippen molar-refractivity contribution in [3.05, 3.63) is 59.7 Å². The van der Waals surface area contributed by atoms with Crippen LogP contribution in [-0.2, 0) is 16.1 Å². The Hall–Kier alpha value is -2.82. The van der Waals surface area contributed by atoms with Crippen molar-refractivity contribution in [1.82, 2.24) is 5.32 Å². The summed E-state index contributed by atoms with van der Waals surface area (Å²) in [6, 6.07) is 15.6. The maximum atomic E-state index is 12.1. The highest BCUT2D eigenvalue weighted by Gasteiger charge is 2.11. The van der Waals surface area contributed by atoms with Gasteiger partial charge in [0.1, 0.15) is 6.42 Å². The zero-order valence-electron chi connectivity index (χ0n) is 15.7. The fourth-order valence-corrected chi connectivity index (χ4v) is 2.77. The van der Waals surface area contributed by atoms with E-state index in [1.54, 1.807) is 0 Å². The van der Waals surface area contributed by atoms with Crippen molar-refractivity contribution in [2.24, 2.45) is 0 Å². The Morgan fingerprint density at radius 1 is 0.962 bits per heavy atom. The molecular formula is C21H27N3O2. The number of carbonyl (C=O) groups is 2. The fraction of sp³-hybridized carbons (Fsp3) is 0.333. The summed E-state index contributed by atoms with van der Waals surface area (Å²) < 4.78 is 0. The lowest BCUT2D eigenvalue weighted by molar-refractivity contribution is -0.126. The molecule has 2 aromatic rings. The van der Waals surface area contributed by atoms with Crippen LogP contribution in [0.1, 0.15) is 31.4 Å². The number of hydrogen-bond acceptors (Lipinski definition) is 3. The van der Waals surface area contributed by atoms with Gasteiger partial charge in [-0.1, -0.05) is 30.3 Å².